The molecule has 1 atom stereocenters. The first-order valence-corrected chi connectivity index (χ1v) is 7.99. The van der Waals surface area contributed by atoms with Gasteiger partial charge in [-0.15, -0.1) is 11.3 Å². The number of Topliss-reactive ketones (excluding diaryl/α,β-unsaturated/α-hetero) is 1. The number of ketones is 1. The van der Waals surface area contributed by atoms with Crippen LogP contribution in [0.4, 0.5) is 0 Å². The zero-order valence-corrected chi connectivity index (χ0v) is 13.7. The van der Waals surface area contributed by atoms with Crippen molar-refractivity contribution in [3.63, 3.8) is 0 Å². The van der Waals surface area contributed by atoms with Crippen LogP contribution in [-0.2, 0) is 9.59 Å². The Morgan fingerprint density at radius 3 is 2.57 bits per heavy atom. The Balaban J connectivity index is 2.53. The van der Waals surface area contributed by atoms with Gasteiger partial charge < -0.3 is 10.0 Å². The third-order valence-corrected chi connectivity index (χ3v) is 4.43. The van der Waals surface area contributed by atoms with Crippen molar-refractivity contribution >= 4 is 23.0 Å². The lowest BCUT2D eigenvalue weighted by atomic mass is 9.83. The lowest BCUT2D eigenvalue weighted by molar-refractivity contribution is -0.129. The molecule has 1 aliphatic rings. The molecule has 1 aliphatic heterocycles. The molecule has 0 aromatic carbocycles. The standard InChI is InChI=1S/C16H21NO3S/c1-5-8-17-12(10-7-6-9-21-10)11(13(18)15(17)20)14(19)16(2,3)4/h6-7,9,12,18H,5,8H2,1-4H3. The fraction of sp³-hybridized carbons (Fsp3) is 0.500. The van der Waals surface area contributed by atoms with Crippen molar-refractivity contribution in [1.29, 1.82) is 0 Å². The molecular weight excluding hydrogens is 286 g/mol. The van der Waals surface area contributed by atoms with Crippen LogP contribution in [0.15, 0.2) is 28.8 Å². The first kappa shape index (κ1) is 15.8. The number of amides is 1. The Kier molecular flexibility index (Phi) is 4.23. The van der Waals surface area contributed by atoms with E-state index in [2.05, 4.69) is 0 Å². The van der Waals surface area contributed by atoms with Gasteiger partial charge in [0.25, 0.3) is 5.91 Å². The van der Waals surface area contributed by atoms with Gasteiger partial charge >= 0.3 is 0 Å². The van der Waals surface area contributed by atoms with Crippen molar-refractivity contribution in [1.82, 2.24) is 4.90 Å². The van der Waals surface area contributed by atoms with Crippen LogP contribution in [-0.4, -0.2) is 28.2 Å². The minimum absolute atomic E-state index is 0.176. The molecule has 21 heavy (non-hydrogen) atoms. The molecule has 0 saturated carbocycles. The van der Waals surface area contributed by atoms with E-state index in [4.69, 9.17) is 0 Å². The maximum atomic E-state index is 12.7. The minimum Gasteiger partial charge on any atom is -0.503 e. The van der Waals surface area contributed by atoms with Crippen molar-refractivity contribution in [2.45, 2.75) is 40.2 Å². The van der Waals surface area contributed by atoms with Crippen LogP contribution in [0.5, 0.6) is 0 Å². The summed E-state index contributed by atoms with van der Waals surface area (Å²) in [5.74, 6) is -1.00. The van der Waals surface area contributed by atoms with Crippen molar-refractivity contribution in [3.8, 4) is 0 Å². The zero-order valence-electron chi connectivity index (χ0n) is 12.8. The van der Waals surface area contributed by atoms with Crippen LogP contribution < -0.4 is 0 Å². The molecule has 0 aliphatic carbocycles. The number of carbonyl (C=O) groups excluding carboxylic acids is 2. The summed E-state index contributed by atoms with van der Waals surface area (Å²) >= 11 is 1.49. The number of aliphatic hydroxyl groups excluding tert-OH is 1. The van der Waals surface area contributed by atoms with Crippen LogP contribution in [0.1, 0.15) is 45.0 Å². The van der Waals surface area contributed by atoms with E-state index in [1.807, 2.05) is 24.4 Å². The monoisotopic (exact) mass is 307 g/mol. The molecule has 2 rings (SSSR count). The van der Waals surface area contributed by atoms with Gasteiger partial charge in [-0.2, -0.15) is 0 Å². The molecular formula is C16H21NO3S. The second-order valence-electron chi connectivity index (χ2n) is 6.26. The molecule has 0 bridgehead atoms. The van der Waals surface area contributed by atoms with Gasteiger partial charge in [0, 0.05) is 16.8 Å². The van der Waals surface area contributed by atoms with Gasteiger partial charge in [-0.1, -0.05) is 33.8 Å². The normalized spacial score (nSPS) is 19.5. The van der Waals surface area contributed by atoms with Crippen molar-refractivity contribution in [3.05, 3.63) is 33.7 Å². The molecule has 2 heterocycles. The summed E-state index contributed by atoms with van der Waals surface area (Å²) in [5, 5.41) is 12.1. The van der Waals surface area contributed by atoms with Crippen molar-refractivity contribution < 1.29 is 14.7 Å². The smallest absolute Gasteiger partial charge is 0.290 e. The summed E-state index contributed by atoms with van der Waals surface area (Å²) in [6.45, 7) is 7.89. The number of carbonyl (C=O) groups is 2. The van der Waals surface area contributed by atoms with Crippen LogP contribution in [0.25, 0.3) is 0 Å². The molecule has 1 unspecified atom stereocenters. The van der Waals surface area contributed by atoms with E-state index in [9.17, 15) is 14.7 Å². The second-order valence-corrected chi connectivity index (χ2v) is 7.24. The van der Waals surface area contributed by atoms with Gasteiger partial charge in [0.2, 0.25) is 0 Å². The molecule has 1 aromatic rings. The molecule has 0 fully saturated rings. The summed E-state index contributed by atoms with van der Waals surface area (Å²) in [6, 6.07) is 3.34. The second kappa shape index (κ2) is 5.64. The zero-order chi connectivity index (χ0) is 15.8. The van der Waals surface area contributed by atoms with E-state index in [1.165, 1.54) is 11.3 Å². The Labute approximate surface area is 129 Å². The molecule has 1 aromatic heterocycles. The van der Waals surface area contributed by atoms with Crippen molar-refractivity contribution in [2.75, 3.05) is 6.54 Å². The number of rotatable bonds is 4. The van der Waals surface area contributed by atoms with Gasteiger partial charge in [0.15, 0.2) is 11.5 Å². The van der Waals surface area contributed by atoms with Gasteiger partial charge in [0.05, 0.1) is 11.6 Å². The highest BCUT2D eigenvalue weighted by Gasteiger charge is 2.45. The summed E-state index contributed by atoms with van der Waals surface area (Å²) < 4.78 is 0. The molecule has 114 valence electrons. The topological polar surface area (TPSA) is 57.6 Å². The predicted molar refractivity (Wildman–Crippen MR) is 83.2 cm³/mol. The van der Waals surface area contributed by atoms with E-state index in [0.29, 0.717) is 6.54 Å². The molecule has 1 N–H and O–H groups in total. The van der Waals surface area contributed by atoms with E-state index in [1.54, 1.807) is 25.7 Å². The van der Waals surface area contributed by atoms with E-state index >= 15 is 0 Å². The average molecular weight is 307 g/mol. The highest BCUT2D eigenvalue weighted by Crippen LogP contribution is 2.42. The maximum absolute atomic E-state index is 12.7. The Morgan fingerprint density at radius 2 is 2.10 bits per heavy atom. The first-order valence-electron chi connectivity index (χ1n) is 7.11. The van der Waals surface area contributed by atoms with Crippen LogP contribution in [0.3, 0.4) is 0 Å². The highest BCUT2D eigenvalue weighted by atomic mass is 32.1. The largest absolute Gasteiger partial charge is 0.503 e. The molecule has 1 amide bonds. The lowest BCUT2D eigenvalue weighted by Crippen LogP contribution is -2.32. The first-order chi connectivity index (χ1) is 9.79. The molecule has 0 saturated heterocycles. The number of hydrogen-bond donors (Lipinski definition) is 1. The van der Waals surface area contributed by atoms with Gasteiger partial charge in [-0.25, -0.2) is 0 Å². The van der Waals surface area contributed by atoms with Gasteiger partial charge in [-0.05, 0) is 17.9 Å². The fourth-order valence-electron chi connectivity index (χ4n) is 2.50. The van der Waals surface area contributed by atoms with Gasteiger partial charge in [-0.3, -0.25) is 9.59 Å². The van der Waals surface area contributed by atoms with Crippen LogP contribution >= 0.6 is 11.3 Å². The van der Waals surface area contributed by atoms with Crippen LogP contribution in [0, 0.1) is 5.41 Å². The molecule has 0 spiro atoms. The molecule has 0 radical (unpaired) electrons. The maximum Gasteiger partial charge on any atom is 0.290 e. The SMILES string of the molecule is CCCN1C(=O)C(O)=C(C(=O)C(C)(C)C)C1c1cccs1. The molecule has 4 nitrogen and oxygen atoms in total. The quantitative estimate of drug-likeness (QED) is 0.926. The van der Waals surface area contributed by atoms with Crippen LogP contribution in [0.2, 0.25) is 0 Å². The average Bonchev–Trinajstić information content (AvgIpc) is 2.99. The Morgan fingerprint density at radius 1 is 1.43 bits per heavy atom. The summed E-state index contributed by atoms with van der Waals surface area (Å²) in [5.41, 5.74) is -0.398. The van der Waals surface area contributed by atoms with E-state index in [0.717, 1.165) is 11.3 Å². The number of aliphatic hydroxyl groups is 1. The number of hydrogen-bond acceptors (Lipinski definition) is 4. The lowest BCUT2D eigenvalue weighted by Gasteiger charge is -2.27. The summed E-state index contributed by atoms with van der Waals surface area (Å²) in [6.07, 6.45) is 0.776. The minimum atomic E-state index is -0.638. The van der Waals surface area contributed by atoms with E-state index < -0.39 is 17.4 Å². The van der Waals surface area contributed by atoms with E-state index in [-0.39, 0.29) is 17.1 Å². The highest BCUT2D eigenvalue weighted by molar-refractivity contribution is 7.10. The Hall–Kier alpha value is -1.62. The van der Waals surface area contributed by atoms with Crippen molar-refractivity contribution in [2.24, 2.45) is 5.41 Å². The Bertz CT molecular complexity index is 581. The predicted octanol–water partition coefficient (Wildman–Crippen LogP) is 3.47. The summed E-state index contributed by atoms with van der Waals surface area (Å²) in [4.78, 5) is 27.5. The fourth-order valence-corrected chi connectivity index (χ4v) is 3.35. The third kappa shape index (κ3) is 2.75. The molecule has 5 heteroatoms. The summed E-state index contributed by atoms with van der Waals surface area (Å²) in [7, 11) is 0. The number of nitrogens with zero attached hydrogens (tertiary/aromatic N) is 1. The third-order valence-electron chi connectivity index (χ3n) is 3.51. The van der Waals surface area contributed by atoms with Gasteiger partial charge in [0.1, 0.15) is 0 Å². The number of thiophene rings is 1.